The number of carbonyl (C=O) groups is 1. The van der Waals surface area contributed by atoms with E-state index in [1.165, 1.54) is 9.15 Å². The lowest BCUT2D eigenvalue weighted by atomic mass is 9.66. The molecule has 0 saturated carbocycles. The fourth-order valence-electron chi connectivity index (χ4n) is 5.12. The number of ketones is 1. The minimum Gasteiger partial charge on any atom is -0.372 e. The van der Waals surface area contributed by atoms with Crippen molar-refractivity contribution in [1.29, 1.82) is 0 Å². The summed E-state index contributed by atoms with van der Waals surface area (Å²) < 4.78 is 14.2. The first-order chi connectivity index (χ1) is 16.9. The van der Waals surface area contributed by atoms with Gasteiger partial charge in [0.05, 0.1) is 19.3 Å². The van der Waals surface area contributed by atoms with Crippen LogP contribution in [0, 0.1) is 5.41 Å². The molecule has 0 heterocycles. The van der Waals surface area contributed by atoms with Crippen molar-refractivity contribution in [3.8, 4) is 0 Å². The van der Waals surface area contributed by atoms with Crippen LogP contribution in [-0.2, 0) is 27.5 Å². The van der Waals surface area contributed by atoms with Gasteiger partial charge in [-0.05, 0) is 76.8 Å². The molecule has 4 heteroatoms. The largest absolute Gasteiger partial charge is 0.372 e. The summed E-state index contributed by atoms with van der Waals surface area (Å²) in [7, 11) is 0. The Labute approximate surface area is 223 Å². The summed E-state index contributed by atoms with van der Waals surface area (Å²) in [5.74, 6) is 0.0884. The number of ether oxygens (including phenoxy) is 2. The van der Waals surface area contributed by atoms with E-state index in [2.05, 4.69) is 61.2 Å². The van der Waals surface area contributed by atoms with Gasteiger partial charge in [0.1, 0.15) is 5.60 Å². The molecule has 35 heavy (non-hydrogen) atoms. The highest BCUT2D eigenvalue weighted by Gasteiger charge is 2.50. The molecule has 0 aliphatic heterocycles. The van der Waals surface area contributed by atoms with Gasteiger partial charge in [-0.2, -0.15) is 0 Å². The summed E-state index contributed by atoms with van der Waals surface area (Å²) in [6.45, 7) is 9.35. The van der Waals surface area contributed by atoms with Gasteiger partial charge in [0.15, 0.2) is 5.78 Å². The Morgan fingerprint density at radius 2 is 1.71 bits per heavy atom. The minimum atomic E-state index is -0.872. The normalized spacial score (nSPS) is 26.8. The van der Waals surface area contributed by atoms with Crippen molar-refractivity contribution in [2.24, 2.45) is 5.41 Å². The highest BCUT2D eigenvalue weighted by atomic mass is 127. The van der Waals surface area contributed by atoms with Crippen molar-refractivity contribution in [3.63, 3.8) is 0 Å². The zero-order valence-corrected chi connectivity index (χ0v) is 22.9. The molecule has 2 aromatic rings. The third kappa shape index (κ3) is 5.71. The van der Waals surface area contributed by atoms with Crippen molar-refractivity contribution in [2.75, 3.05) is 0 Å². The highest BCUT2D eigenvalue weighted by molar-refractivity contribution is 14.1. The predicted molar refractivity (Wildman–Crippen MR) is 150 cm³/mol. The number of hydrogen-bond donors (Lipinski definition) is 0. The highest BCUT2D eigenvalue weighted by Crippen LogP contribution is 2.47. The van der Waals surface area contributed by atoms with Crippen LogP contribution in [-0.4, -0.2) is 17.5 Å². The Bertz CT molecular complexity index is 1100. The third-order valence-corrected chi connectivity index (χ3v) is 8.87. The molecule has 2 aliphatic rings. The van der Waals surface area contributed by atoms with Crippen LogP contribution in [0.25, 0.3) is 0 Å². The monoisotopic (exact) mass is 582 g/mol. The maximum atomic E-state index is 14.4. The van der Waals surface area contributed by atoms with Crippen molar-refractivity contribution in [2.45, 2.75) is 70.9 Å². The predicted octanol–water partition coefficient (Wildman–Crippen LogP) is 7.90. The average molecular weight is 583 g/mol. The average Bonchev–Trinajstić information content (AvgIpc) is 2.89. The van der Waals surface area contributed by atoms with Gasteiger partial charge in [-0.1, -0.05) is 78.4 Å². The summed E-state index contributed by atoms with van der Waals surface area (Å²) in [4.78, 5) is 14.4. The van der Waals surface area contributed by atoms with E-state index in [9.17, 15) is 4.79 Å². The Balaban J connectivity index is 1.60. The van der Waals surface area contributed by atoms with Crippen LogP contribution in [0.1, 0.15) is 57.1 Å². The Kier molecular flexibility index (Phi) is 8.46. The van der Waals surface area contributed by atoms with Gasteiger partial charge in [0.2, 0.25) is 0 Å². The number of benzene rings is 2. The molecule has 0 bridgehead atoms. The molecule has 3 nitrogen and oxygen atoms in total. The van der Waals surface area contributed by atoms with E-state index in [1.807, 2.05) is 54.6 Å². The van der Waals surface area contributed by atoms with E-state index >= 15 is 0 Å². The molecular weight excluding hydrogens is 547 g/mol. The standard InChI is InChI=1S/C31H35IO3/c1-4-30(3)26(16-11-17-28(30)34-21-24-12-7-5-8-13-24)29(33)31(19-18-23(2)27(32)20-31)35-22-25-14-9-6-10-15-25/h4-10,12-16,28H,1,11,17-22H2,2-3H3/t28-,30-,31-/m0/s1. The maximum Gasteiger partial charge on any atom is 0.191 e. The molecule has 0 radical (unpaired) electrons. The Morgan fingerprint density at radius 3 is 2.31 bits per heavy atom. The summed E-state index contributed by atoms with van der Waals surface area (Å²) >= 11 is 2.39. The molecule has 0 spiro atoms. The first-order valence-corrected chi connectivity index (χ1v) is 13.5. The molecule has 0 amide bonds. The van der Waals surface area contributed by atoms with E-state index in [4.69, 9.17) is 9.47 Å². The van der Waals surface area contributed by atoms with Gasteiger partial charge >= 0.3 is 0 Å². The fraction of sp³-hybridized carbons (Fsp3) is 0.387. The molecule has 3 atom stereocenters. The van der Waals surface area contributed by atoms with Gasteiger partial charge < -0.3 is 9.47 Å². The van der Waals surface area contributed by atoms with Crippen molar-refractivity contribution in [1.82, 2.24) is 0 Å². The Morgan fingerprint density at radius 1 is 1.09 bits per heavy atom. The van der Waals surface area contributed by atoms with Gasteiger partial charge in [-0.3, -0.25) is 4.79 Å². The molecule has 2 aliphatic carbocycles. The van der Waals surface area contributed by atoms with Crippen LogP contribution in [0.3, 0.4) is 0 Å². The molecule has 0 aromatic heterocycles. The van der Waals surface area contributed by atoms with E-state index in [0.29, 0.717) is 26.1 Å². The number of rotatable bonds is 9. The second kappa shape index (κ2) is 11.4. The van der Waals surface area contributed by atoms with Crippen LogP contribution in [0.4, 0.5) is 0 Å². The molecule has 0 fully saturated rings. The second-order valence-corrected chi connectivity index (χ2v) is 11.2. The third-order valence-electron chi connectivity index (χ3n) is 7.57. The van der Waals surface area contributed by atoms with Gasteiger partial charge in [0, 0.05) is 17.4 Å². The van der Waals surface area contributed by atoms with Gasteiger partial charge in [0.25, 0.3) is 0 Å². The van der Waals surface area contributed by atoms with Crippen molar-refractivity contribution >= 4 is 28.4 Å². The van der Waals surface area contributed by atoms with Crippen LogP contribution < -0.4 is 0 Å². The maximum absolute atomic E-state index is 14.4. The van der Waals surface area contributed by atoms with Crippen LogP contribution in [0.5, 0.6) is 0 Å². The molecule has 184 valence electrons. The number of carbonyl (C=O) groups excluding carboxylic acids is 1. The Hall–Kier alpha value is -2.02. The van der Waals surface area contributed by atoms with Crippen LogP contribution in [0.2, 0.25) is 0 Å². The first kappa shape index (κ1) is 26.1. The fourth-order valence-corrected chi connectivity index (χ4v) is 6.00. The lowest BCUT2D eigenvalue weighted by Gasteiger charge is -2.44. The number of hydrogen-bond acceptors (Lipinski definition) is 3. The molecular formula is C31H35IO3. The quantitative estimate of drug-likeness (QED) is 0.223. The summed E-state index contributed by atoms with van der Waals surface area (Å²) in [6.07, 6.45) is 7.75. The van der Waals surface area contributed by atoms with Gasteiger partial charge in [-0.15, -0.1) is 6.58 Å². The van der Waals surface area contributed by atoms with E-state index < -0.39 is 11.0 Å². The van der Waals surface area contributed by atoms with E-state index in [0.717, 1.165) is 36.0 Å². The molecule has 0 saturated heterocycles. The zero-order chi connectivity index (χ0) is 24.9. The van der Waals surface area contributed by atoms with Gasteiger partial charge in [-0.25, -0.2) is 0 Å². The molecule has 0 N–H and O–H groups in total. The lowest BCUT2D eigenvalue weighted by molar-refractivity contribution is -0.146. The summed E-state index contributed by atoms with van der Waals surface area (Å²) in [6, 6.07) is 20.3. The molecule has 4 rings (SSSR count). The summed E-state index contributed by atoms with van der Waals surface area (Å²) in [5.41, 5.74) is 2.90. The summed E-state index contributed by atoms with van der Waals surface area (Å²) in [5, 5.41) is 0. The topological polar surface area (TPSA) is 35.5 Å². The second-order valence-electron chi connectivity index (χ2n) is 9.93. The number of Topliss-reactive ketones (excluding diaryl/α,β-unsaturated/α-hetero) is 1. The van der Waals surface area contributed by atoms with Crippen molar-refractivity contribution < 1.29 is 14.3 Å². The zero-order valence-electron chi connectivity index (χ0n) is 20.8. The number of allylic oxidation sites excluding steroid dienone is 2. The van der Waals surface area contributed by atoms with Crippen molar-refractivity contribution in [3.05, 3.63) is 105 Å². The minimum absolute atomic E-state index is 0.0884. The lowest BCUT2D eigenvalue weighted by Crippen LogP contribution is -2.49. The molecule has 2 aromatic carbocycles. The van der Waals surface area contributed by atoms with Crippen LogP contribution >= 0.6 is 22.6 Å². The molecule has 0 unspecified atom stereocenters. The van der Waals surface area contributed by atoms with E-state index in [-0.39, 0.29) is 11.9 Å². The SMILES string of the molecule is C=C[C@@]1(C)C(C(=O)[C@]2(OCc3ccccc3)CCC(C)=C(I)C2)=CCC[C@@H]1OCc1ccccc1. The van der Waals surface area contributed by atoms with E-state index in [1.54, 1.807) is 0 Å². The van der Waals surface area contributed by atoms with Crippen LogP contribution in [0.15, 0.2) is 94.1 Å². The first-order valence-electron chi connectivity index (χ1n) is 12.4. The number of halogens is 1. The smallest absolute Gasteiger partial charge is 0.191 e.